The lowest BCUT2D eigenvalue weighted by atomic mass is 9.67. The summed E-state index contributed by atoms with van der Waals surface area (Å²) in [6.07, 6.45) is 0.397. The van der Waals surface area contributed by atoms with E-state index in [1.807, 2.05) is 42.2 Å². The van der Waals surface area contributed by atoms with Gasteiger partial charge in [-0.05, 0) is 32.3 Å². The van der Waals surface area contributed by atoms with Crippen LogP contribution in [-0.2, 0) is 9.53 Å². The Labute approximate surface area is 135 Å². The molecular formula is C18H23F2NO2. The van der Waals surface area contributed by atoms with E-state index in [1.54, 1.807) is 6.92 Å². The molecule has 3 nitrogen and oxygen atoms in total. The molecule has 1 saturated carbocycles. The maximum atomic E-state index is 14.3. The molecule has 5 heteroatoms. The van der Waals surface area contributed by atoms with Gasteiger partial charge in [0.1, 0.15) is 5.54 Å². The lowest BCUT2D eigenvalue weighted by Gasteiger charge is -2.57. The predicted octanol–water partition coefficient (Wildman–Crippen LogP) is 3.80. The summed E-state index contributed by atoms with van der Waals surface area (Å²) in [6.45, 7) is 4.15. The second kappa shape index (κ2) is 5.86. The van der Waals surface area contributed by atoms with Gasteiger partial charge in [0.25, 0.3) is 5.92 Å². The van der Waals surface area contributed by atoms with Gasteiger partial charge in [-0.2, -0.15) is 0 Å². The number of carbonyl (C=O) groups is 1. The number of esters is 1. The molecule has 4 rings (SSSR count). The zero-order valence-corrected chi connectivity index (χ0v) is 13.6. The molecule has 2 aliphatic heterocycles. The van der Waals surface area contributed by atoms with Crippen LogP contribution in [-0.4, -0.2) is 35.5 Å². The Hall–Kier alpha value is -1.49. The lowest BCUT2D eigenvalue weighted by molar-refractivity contribution is -0.216. The fraction of sp³-hybridized carbons (Fsp3) is 0.611. The molecule has 0 amide bonds. The summed E-state index contributed by atoms with van der Waals surface area (Å²) in [6, 6.07) is 9.64. The lowest BCUT2D eigenvalue weighted by Crippen LogP contribution is -2.69. The van der Waals surface area contributed by atoms with Crippen molar-refractivity contribution in [2.45, 2.75) is 50.6 Å². The number of nitrogens with zero attached hydrogens (tertiary/aromatic N) is 1. The number of halogens is 2. The van der Waals surface area contributed by atoms with Crippen molar-refractivity contribution in [1.82, 2.24) is 4.90 Å². The molecule has 0 aromatic heterocycles. The number of fused-ring (bicyclic) bond motifs is 3. The third-order valence-electron chi connectivity index (χ3n) is 5.40. The summed E-state index contributed by atoms with van der Waals surface area (Å²) in [4.78, 5) is 14.6. The zero-order chi connectivity index (χ0) is 16.7. The van der Waals surface area contributed by atoms with Crippen molar-refractivity contribution in [2.75, 3.05) is 13.2 Å². The van der Waals surface area contributed by atoms with Crippen LogP contribution in [0, 0.1) is 5.92 Å². The molecule has 2 bridgehead atoms. The van der Waals surface area contributed by atoms with Gasteiger partial charge in [-0.15, -0.1) is 0 Å². The summed E-state index contributed by atoms with van der Waals surface area (Å²) in [7, 11) is 0. The molecule has 0 unspecified atom stereocenters. The molecule has 1 aliphatic carbocycles. The summed E-state index contributed by atoms with van der Waals surface area (Å²) in [5.74, 6) is -3.97. The predicted molar refractivity (Wildman–Crippen MR) is 83.2 cm³/mol. The number of hydrogen-bond acceptors (Lipinski definition) is 3. The Morgan fingerprint density at radius 3 is 2.70 bits per heavy atom. The highest BCUT2D eigenvalue weighted by atomic mass is 19.3. The highest BCUT2D eigenvalue weighted by Crippen LogP contribution is 2.54. The van der Waals surface area contributed by atoms with Crippen LogP contribution in [0.4, 0.5) is 8.78 Å². The summed E-state index contributed by atoms with van der Waals surface area (Å²) in [5.41, 5.74) is -0.171. The Bertz CT molecular complexity index is 578. The largest absolute Gasteiger partial charge is 0.465 e. The number of piperidine rings is 2. The van der Waals surface area contributed by atoms with E-state index in [0.717, 1.165) is 5.56 Å². The molecule has 0 radical (unpaired) electrons. The molecule has 3 atom stereocenters. The minimum atomic E-state index is -2.79. The van der Waals surface area contributed by atoms with Gasteiger partial charge in [-0.25, -0.2) is 8.78 Å². The van der Waals surface area contributed by atoms with Crippen molar-refractivity contribution in [3.63, 3.8) is 0 Å². The maximum Gasteiger partial charge on any atom is 0.326 e. The highest BCUT2D eigenvalue weighted by molar-refractivity contribution is 5.81. The monoisotopic (exact) mass is 323 g/mol. The van der Waals surface area contributed by atoms with Crippen LogP contribution >= 0.6 is 0 Å². The van der Waals surface area contributed by atoms with Crippen LogP contribution in [0.3, 0.4) is 0 Å². The first-order valence-electron chi connectivity index (χ1n) is 8.27. The smallest absolute Gasteiger partial charge is 0.326 e. The highest BCUT2D eigenvalue weighted by Gasteiger charge is 2.64. The van der Waals surface area contributed by atoms with E-state index in [0.29, 0.717) is 12.8 Å². The second-order valence-corrected chi connectivity index (χ2v) is 6.66. The van der Waals surface area contributed by atoms with Gasteiger partial charge in [-0.1, -0.05) is 30.3 Å². The van der Waals surface area contributed by atoms with Crippen molar-refractivity contribution < 1.29 is 18.3 Å². The minimum Gasteiger partial charge on any atom is -0.465 e. The van der Waals surface area contributed by atoms with Crippen LogP contribution in [0.2, 0.25) is 0 Å². The van der Waals surface area contributed by atoms with E-state index < -0.39 is 29.8 Å². The topological polar surface area (TPSA) is 29.5 Å². The number of alkyl halides is 2. The van der Waals surface area contributed by atoms with Crippen molar-refractivity contribution in [1.29, 1.82) is 0 Å². The first-order valence-corrected chi connectivity index (χ1v) is 8.27. The summed E-state index contributed by atoms with van der Waals surface area (Å²) < 4.78 is 33.9. The standard InChI is InChI=1S/C18H23F2NO2/c1-3-23-16(22)17-10-9-15(18(19,20)12-17)11-21(17)13(2)14-7-5-4-6-8-14/h4-8,13,15H,3,9-12H2,1-2H3/t13-,15-,17-/m0/s1. The van der Waals surface area contributed by atoms with Crippen LogP contribution < -0.4 is 0 Å². The van der Waals surface area contributed by atoms with Crippen LogP contribution in [0.1, 0.15) is 44.7 Å². The number of rotatable bonds is 4. The maximum absolute atomic E-state index is 14.3. The Morgan fingerprint density at radius 2 is 2.09 bits per heavy atom. The molecule has 0 spiro atoms. The molecule has 1 aromatic rings. The fourth-order valence-electron chi connectivity index (χ4n) is 4.13. The summed E-state index contributed by atoms with van der Waals surface area (Å²) in [5, 5.41) is 0. The molecule has 126 valence electrons. The van der Waals surface area contributed by atoms with Gasteiger partial charge in [0.05, 0.1) is 6.61 Å². The third kappa shape index (κ3) is 2.65. The van der Waals surface area contributed by atoms with E-state index in [4.69, 9.17) is 4.74 Å². The van der Waals surface area contributed by atoms with E-state index in [2.05, 4.69) is 0 Å². The molecule has 0 N–H and O–H groups in total. The minimum absolute atomic E-state index is 0.0977. The fourth-order valence-corrected chi connectivity index (χ4v) is 4.13. The van der Waals surface area contributed by atoms with Crippen LogP contribution in [0.15, 0.2) is 30.3 Å². The van der Waals surface area contributed by atoms with Crippen molar-refractivity contribution in [3.05, 3.63) is 35.9 Å². The van der Waals surface area contributed by atoms with Gasteiger partial charge in [0.2, 0.25) is 0 Å². The van der Waals surface area contributed by atoms with Gasteiger partial charge < -0.3 is 4.74 Å². The Kier molecular flexibility index (Phi) is 4.17. The summed E-state index contributed by atoms with van der Waals surface area (Å²) >= 11 is 0. The molecule has 2 heterocycles. The molecule has 1 aromatic carbocycles. The quantitative estimate of drug-likeness (QED) is 0.789. The Balaban J connectivity index is 1.97. The van der Waals surface area contributed by atoms with Gasteiger partial charge in [-0.3, -0.25) is 9.69 Å². The van der Waals surface area contributed by atoms with Crippen LogP contribution in [0.5, 0.6) is 0 Å². The van der Waals surface area contributed by atoms with E-state index in [1.165, 1.54) is 0 Å². The van der Waals surface area contributed by atoms with Crippen LogP contribution in [0.25, 0.3) is 0 Å². The molecule has 3 aliphatic rings. The molecule has 2 saturated heterocycles. The van der Waals surface area contributed by atoms with E-state index in [9.17, 15) is 13.6 Å². The van der Waals surface area contributed by atoms with E-state index >= 15 is 0 Å². The number of ether oxygens (including phenoxy) is 1. The number of benzene rings is 1. The van der Waals surface area contributed by atoms with E-state index in [-0.39, 0.29) is 19.2 Å². The van der Waals surface area contributed by atoms with Crippen molar-refractivity contribution >= 4 is 5.97 Å². The van der Waals surface area contributed by atoms with Gasteiger partial charge in [0, 0.05) is 24.9 Å². The average Bonchev–Trinajstić information content (AvgIpc) is 2.54. The Morgan fingerprint density at radius 1 is 1.39 bits per heavy atom. The molecule has 3 fully saturated rings. The number of carbonyl (C=O) groups excluding carboxylic acids is 1. The van der Waals surface area contributed by atoms with Crippen molar-refractivity contribution in [2.24, 2.45) is 5.92 Å². The molecule has 23 heavy (non-hydrogen) atoms. The third-order valence-corrected chi connectivity index (χ3v) is 5.40. The number of hydrogen-bond donors (Lipinski definition) is 0. The SMILES string of the molecule is CCOC(=O)[C@@]12CC[C@@H](CN1[C@@H](C)c1ccccc1)C(F)(F)C2. The van der Waals surface area contributed by atoms with Gasteiger partial charge in [0.15, 0.2) is 0 Å². The molecular weight excluding hydrogens is 300 g/mol. The first-order chi connectivity index (χ1) is 10.9. The zero-order valence-electron chi connectivity index (χ0n) is 13.6. The average molecular weight is 323 g/mol. The first kappa shape index (κ1) is 16.4. The van der Waals surface area contributed by atoms with Gasteiger partial charge >= 0.3 is 5.97 Å². The van der Waals surface area contributed by atoms with Crippen molar-refractivity contribution in [3.8, 4) is 0 Å². The second-order valence-electron chi connectivity index (χ2n) is 6.66. The normalized spacial score (nSPS) is 30.9.